The summed E-state index contributed by atoms with van der Waals surface area (Å²) >= 11 is 0. The van der Waals surface area contributed by atoms with Crippen molar-refractivity contribution in [2.45, 2.75) is 44.8 Å². The maximum atomic E-state index is 14.1. The van der Waals surface area contributed by atoms with Crippen molar-refractivity contribution in [3.63, 3.8) is 0 Å². The Morgan fingerprint density at radius 2 is 1.76 bits per heavy atom. The number of carbonyl (C=O) groups is 1. The first-order valence-electron chi connectivity index (χ1n) is 11.3. The van der Waals surface area contributed by atoms with Crippen LogP contribution in [0.15, 0.2) is 30.3 Å². The smallest absolute Gasteiger partial charge is 0.236 e. The number of halogens is 4. The van der Waals surface area contributed by atoms with Crippen LogP contribution in [0.2, 0.25) is 0 Å². The number of rotatable bonds is 6. The highest BCUT2D eigenvalue weighted by Crippen LogP contribution is 2.33. The highest BCUT2D eigenvalue weighted by atomic mass is 19.2. The number of hydrogen-bond acceptors (Lipinski definition) is 3. The van der Waals surface area contributed by atoms with Crippen LogP contribution in [0.5, 0.6) is 0 Å². The second-order valence-corrected chi connectivity index (χ2v) is 8.89. The van der Waals surface area contributed by atoms with Gasteiger partial charge in [-0.05, 0) is 74.7 Å². The lowest BCUT2D eigenvalue weighted by atomic mass is 9.85. The van der Waals surface area contributed by atoms with E-state index in [9.17, 15) is 22.4 Å². The summed E-state index contributed by atoms with van der Waals surface area (Å²) in [4.78, 5) is 16.8. The molecule has 33 heavy (non-hydrogen) atoms. The van der Waals surface area contributed by atoms with Gasteiger partial charge in [-0.2, -0.15) is 0 Å². The summed E-state index contributed by atoms with van der Waals surface area (Å²) < 4.78 is 61.4. The molecule has 0 aromatic heterocycles. The van der Waals surface area contributed by atoms with Crippen molar-refractivity contribution < 1.29 is 27.1 Å². The van der Waals surface area contributed by atoms with E-state index in [0.29, 0.717) is 31.6 Å². The van der Waals surface area contributed by atoms with Gasteiger partial charge < -0.3 is 9.64 Å². The molecule has 2 unspecified atom stereocenters. The van der Waals surface area contributed by atoms with Crippen molar-refractivity contribution in [1.29, 1.82) is 0 Å². The molecule has 0 spiro atoms. The Bertz CT molecular complexity index is 1010. The lowest BCUT2D eigenvalue weighted by Gasteiger charge is -2.40. The fourth-order valence-corrected chi connectivity index (χ4v) is 4.83. The van der Waals surface area contributed by atoms with Crippen molar-refractivity contribution in [1.82, 2.24) is 9.80 Å². The van der Waals surface area contributed by atoms with Gasteiger partial charge in [0.2, 0.25) is 5.91 Å². The van der Waals surface area contributed by atoms with Crippen molar-refractivity contribution in [3.8, 4) is 0 Å². The van der Waals surface area contributed by atoms with Gasteiger partial charge in [-0.3, -0.25) is 9.69 Å². The standard InChI is InChI=1S/C25H28F4N2O2/c1-16-12-17(26)4-5-18(16)19-13-31(24(32)14-30-9-2-3-10-30)11-8-23(19)33-15-20-21(27)6-7-22(28)25(20)29/h4-7,12,19,23H,2-3,8-11,13-15H2,1H3. The normalized spacial score (nSPS) is 21.5. The van der Waals surface area contributed by atoms with Gasteiger partial charge in [-0.15, -0.1) is 0 Å². The Hall–Kier alpha value is -2.45. The molecule has 2 aliphatic rings. The van der Waals surface area contributed by atoms with E-state index in [4.69, 9.17) is 4.74 Å². The van der Waals surface area contributed by atoms with Crippen LogP contribution in [0.1, 0.15) is 41.9 Å². The van der Waals surface area contributed by atoms with Gasteiger partial charge in [-0.25, -0.2) is 17.6 Å². The molecule has 0 aliphatic carbocycles. The van der Waals surface area contributed by atoms with Crippen molar-refractivity contribution in [2.24, 2.45) is 0 Å². The molecular weight excluding hydrogens is 436 g/mol. The fraction of sp³-hybridized carbons (Fsp3) is 0.480. The monoisotopic (exact) mass is 464 g/mol. The van der Waals surface area contributed by atoms with Gasteiger partial charge >= 0.3 is 0 Å². The van der Waals surface area contributed by atoms with Gasteiger partial charge in [0.15, 0.2) is 11.6 Å². The molecule has 2 aromatic rings. The van der Waals surface area contributed by atoms with E-state index in [2.05, 4.69) is 4.90 Å². The van der Waals surface area contributed by atoms with E-state index in [-0.39, 0.29) is 17.6 Å². The number of hydrogen-bond donors (Lipinski definition) is 0. The van der Waals surface area contributed by atoms with Gasteiger partial charge in [0.1, 0.15) is 11.6 Å². The molecule has 2 fully saturated rings. The van der Waals surface area contributed by atoms with Crippen LogP contribution in [-0.2, 0) is 16.1 Å². The molecule has 0 bridgehead atoms. The van der Waals surface area contributed by atoms with Crippen LogP contribution in [0, 0.1) is 30.2 Å². The highest BCUT2D eigenvalue weighted by Gasteiger charge is 2.35. The van der Waals surface area contributed by atoms with E-state index in [0.717, 1.165) is 43.6 Å². The Morgan fingerprint density at radius 3 is 2.48 bits per heavy atom. The fourth-order valence-electron chi connectivity index (χ4n) is 4.83. The minimum absolute atomic E-state index is 0.0299. The molecule has 2 aliphatic heterocycles. The summed E-state index contributed by atoms with van der Waals surface area (Å²) in [5, 5.41) is 0. The van der Waals surface area contributed by atoms with E-state index in [1.165, 1.54) is 12.1 Å². The second-order valence-electron chi connectivity index (χ2n) is 8.89. The van der Waals surface area contributed by atoms with Crippen LogP contribution >= 0.6 is 0 Å². The average Bonchev–Trinajstić information content (AvgIpc) is 3.29. The third-order valence-corrected chi connectivity index (χ3v) is 6.67. The Labute approximate surface area is 191 Å². The van der Waals surface area contributed by atoms with Crippen LogP contribution < -0.4 is 0 Å². The zero-order valence-corrected chi connectivity index (χ0v) is 18.6. The predicted molar refractivity (Wildman–Crippen MR) is 116 cm³/mol. The SMILES string of the molecule is Cc1cc(F)ccc1C1CN(C(=O)CN2CCCC2)CCC1OCc1c(F)ccc(F)c1F. The molecule has 178 valence electrons. The molecule has 2 aromatic carbocycles. The maximum absolute atomic E-state index is 14.1. The van der Waals surface area contributed by atoms with E-state index in [1.54, 1.807) is 17.9 Å². The summed E-state index contributed by atoms with van der Waals surface area (Å²) in [7, 11) is 0. The first-order valence-corrected chi connectivity index (χ1v) is 11.3. The molecule has 0 N–H and O–H groups in total. The quantitative estimate of drug-likeness (QED) is 0.465. The number of benzene rings is 2. The Morgan fingerprint density at radius 1 is 1.03 bits per heavy atom. The van der Waals surface area contributed by atoms with Crippen LogP contribution in [0.3, 0.4) is 0 Å². The molecule has 1 amide bonds. The number of ether oxygens (including phenoxy) is 1. The van der Waals surface area contributed by atoms with Crippen molar-refractivity contribution in [2.75, 3.05) is 32.7 Å². The van der Waals surface area contributed by atoms with Crippen molar-refractivity contribution >= 4 is 5.91 Å². The summed E-state index contributed by atoms with van der Waals surface area (Å²) in [6.45, 7) is 4.35. The number of amides is 1. The van der Waals surface area contributed by atoms with Gasteiger partial charge in [0, 0.05) is 19.0 Å². The van der Waals surface area contributed by atoms with Gasteiger partial charge in [0.05, 0.1) is 24.8 Å². The van der Waals surface area contributed by atoms with Gasteiger partial charge in [-0.1, -0.05) is 6.07 Å². The highest BCUT2D eigenvalue weighted by molar-refractivity contribution is 5.78. The average molecular weight is 465 g/mol. The first-order chi connectivity index (χ1) is 15.8. The molecule has 2 heterocycles. The zero-order valence-electron chi connectivity index (χ0n) is 18.6. The zero-order chi connectivity index (χ0) is 23.5. The second kappa shape index (κ2) is 10.2. The molecule has 4 nitrogen and oxygen atoms in total. The first kappa shape index (κ1) is 23.7. The molecule has 4 rings (SSSR count). The molecular formula is C25H28F4N2O2. The molecule has 0 saturated carbocycles. The van der Waals surface area contributed by atoms with Crippen LogP contribution in [0.25, 0.3) is 0 Å². The minimum Gasteiger partial charge on any atom is -0.373 e. The topological polar surface area (TPSA) is 32.8 Å². The summed E-state index contributed by atoms with van der Waals surface area (Å²) in [6, 6.07) is 6.06. The van der Waals surface area contributed by atoms with E-state index < -0.39 is 35.7 Å². The van der Waals surface area contributed by atoms with Gasteiger partial charge in [0.25, 0.3) is 0 Å². The van der Waals surface area contributed by atoms with Crippen molar-refractivity contribution in [3.05, 3.63) is 70.3 Å². The number of piperidine rings is 1. The maximum Gasteiger partial charge on any atom is 0.236 e. The largest absolute Gasteiger partial charge is 0.373 e. The lowest BCUT2D eigenvalue weighted by molar-refractivity contribution is -0.135. The number of nitrogens with zero attached hydrogens (tertiary/aromatic N) is 2. The lowest BCUT2D eigenvalue weighted by Crippen LogP contribution is -2.48. The Kier molecular flexibility index (Phi) is 7.34. The summed E-state index contributed by atoms with van der Waals surface area (Å²) in [5.74, 6) is -3.91. The number of aryl methyl sites for hydroxylation is 1. The summed E-state index contributed by atoms with van der Waals surface area (Å²) in [5.41, 5.74) is 1.07. The Balaban J connectivity index is 1.53. The molecule has 8 heteroatoms. The van der Waals surface area contributed by atoms with Crippen LogP contribution in [0.4, 0.5) is 17.6 Å². The summed E-state index contributed by atoms with van der Waals surface area (Å²) in [6.07, 6.45) is 2.17. The van der Waals surface area contributed by atoms with Crippen LogP contribution in [-0.4, -0.2) is 54.5 Å². The molecule has 0 radical (unpaired) electrons. The third kappa shape index (κ3) is 5.38. The predicted octanol–water partition coefficient (Wildman–Crippen LogP) is 4.55. The van der Waals surface area contributed by atoms with E-state index >= 15 is 0 Å². The molecule has 2 saturated heterocycles. The minimum atomic E-state index is -1.26. The molecule has 2 atom stereocenters. The number of likely N-dealkylation sites (tertiary alicyclic amines) is 2. The number of carbonyl (C=O) groups excluding carboxylic acids is 1. The van der Waals surface area contributed by atoms with E-state index in [1.807, 2.05) is 0 Å². The third-order valence-electron chi connectivity index (χ3n) is 6.67.